The summed E-state index contributed by atoms with van der Waals surface area (Å²) in [6, 6.07) is 2.62. The van der Waals surface area contributed by atoms with Crippen molar-refractivity contribution in [2.24, 2.45) is 0 Å². The number of hydrogen-bond donors (Lipinski definition) is 2. The van der Waals surface area contributed by atoms with Gasteiger partial charge in [-0.2, -0.15) is 23.3 Å². The molecule has 1 aromatic carbocycles. The second-order valence-electron chi connectivity index (χ2n) is 4.26. The number of aromatic amines is 1. The van der Waals surface area contributed by atoms with E-state index < -0.39 is 17.6 Å². The maximum Gasteiger partial charge on any atom is 0.419 e. The maximum atomic E-state index is 13.3. The van der Waals surface area contributed by atoms with Gasteiger partial charge in [0.05, 0.1) is 22.8 Å². The van der Waals surface area contributed by atoms with Crippen LogP contribution in [-0.2, 0) is 6.18 Å². The number of nitrogens with two attached hydrogens (primary N) is 1. The monoisotopic (exact) mass is 297 g/mol. The topological polar surface area (TPSA) is 80.5 Å². The molecule has 0 atom stereocenters. The lowest BCUT2D eigenvalue weighted by atomic mass is 10.1. The summed E-state index contributed by atoms with van der Waals surface area (Å²) in [7, 11) is 0. The van der Waals surface area contributed by atoms with Crippen LogP contribution in [0, 0.1) is 5.82 Å². The molecule has 0 aliphatic heterocycles. The number of halogens is 4. The molecule has 0 amide bonds. The van der Waals surface area contributed by atoms with Crippen molar-refractivity contribution in [2.75, 3.05) is 5.73 Å². The Kier molecular flexibility index (Phi) is 2.78. The fraction of sp³-hybridized carbons (Fsp3) is 0.0833. The first-order valence-electron chi connectivity index (χ1n) is 5.70. The Bertz CT molecular complexity index is 824. The second-order valence-corrected chi connectivity index (χ2v) is 4.26. The zero-order valence-corrected chi connectivity index (χ0v) is 10.2. The van der Waals surface area contributed by atoms with Crippen LogP contribution in [0.5, 0.6) is 0 Å². The summed E-state index contributed by atoms with van der Waals surface area (Å²) in [5, 5.41) is 6.68. The summed E-state index contributed by atoms with van der Waals surface area (Å²) < 4.78 is 51.6. The first-order valence-corrected chi connectivity index (χ1v) is 5.70. The molecule has 0 saturated carbocycles. The molecule has 0 unspecified atom stereocenters. The molecule has 21 heavy (non-hydrogen) atoms. The minimum absolute atomic E-state index is 0.0734. The first-order chi connectivity index (χ1) is 9.86. The highest BCUT2D eigenvalue weighted by Crippen LogP contribution is 2.35. The van der Waals surface area contributed by atoms with Gasteiger partial charge in [-0.3, -0.25) is 5.10 Å². The fourth-order valence-electron chi connectivity index (χ4n) is 1.96. The molecule has 3 aromatic rings. The standard InChI is InChI=1S/C12H7F4N5/c13-8-2-1-5(3-7(8)12(14,15)16)9-6-4-18-21-10(6)20-11(17)19-9/h1-4H,(H3,17,18,19,20,21). The van der Waals surface area contributed by atoms with Gasteiger partial charge in [-0.05, 0) is 18.2 Å². The summed E-state index contributed by atoms with van der Waals surface area (Å²) in [4.78, 5) is 7.78. The first kappa shape index (κ1) is 13.3. The number of nitrogens with one attached hydrogen (secondary N) is 1. The van der Waals surface area contributed by atoms with Crippen LogP contribution >= 0.6 is 0 Å². The van der Waals surface area contributed by atoms with Crippen molar-refractivity contribution in [3.8, 4) is 11.3 Å². The summed E-state index contributed by atoms with van der Waals surface area (Å²) in [6.45, 7) is 0. The van der Waals surface area contributed by atoms with E-state index in [9.17, 15) is 17.6 Å². The predicted molar refractivity (Wildman–Crippen MR) is 66.5 cm³/mol. The van der Waals surface area contributed by atoms with Crippen molar-refractivity contribution >= 4 is 17.0 Å². The van der Waals surface area contributed by atoms with Gasteiger partial charge in [0.25, 0.3) is 0 Å². The number of rotatable bonds is 1. The van der Waals surface area contributed by atoms with Crippen LogP contribution in [0.4, 0.5) is 23.5 Å². The van der Waals surface area contributed by atoms with Crippen molar-refractivity contribution in [2.45, 2.75) is 6.18 Å². The Morgan fingerprint density at radius 3 is 2.62 bits per heavy atom. The maximum absolute atomic E-state index is 13.3. The molecule has 2 aromatic heterocycles. The number of nitrogens with zero attached hydrogens (tertiary/aromatic N) is 3. The third kappa shape index (κ3) is 2.26. The molecule has 0 fully saturated rings. The Labute approximate surface area is 114 Å². The number of aromatic nitrogens is 4. The molecule has 2 heterocycles. The van der Waals surface area contributed by atoms with Gasteiger partial charge in [-0.1, -0.05) is 0 Å². The largest absolute Gasteiger partial charge is 0.419 e. The summed E-state index contributed by atoms with van der Waals surface area (Å²) in [5.41, 5.74) is 4.65. The van der Waals surface area contributed by atoms with Crippen molar-refractivity contribution < 1.29 is 17.6 Å². The van der Waals surface area contributed by atoms with Crippen LogP contribution in [0.15, 0.2) is 24.4 Å². The quantitative estimate of drug-likeness (QED) is 0.677. The molecule has 9 heteroatoms. The van der Waals surface area contributed by atoms with Crippen molar-refractivity contribution in [1.82, 2.24) is 20.2 Å². The van der Waals surface area contributed by atoms with E-state index in [4.69, 9.17) is 5.73 Å². The van der Waals surface area contributed by atoms with Crippen LogP contribution < -0.4 is 5.73 Å². The second kappa shape index (κ2) is 4.40. The SMILES string of the molecule is Nc1nc(-c2ccc(F)c(C(F)(F)F)c2)c2cn[nH]c2n1. The highest BCUT2D eigenvalue weighted by molar-refractivity contribution is 5.90. The van der Waals surface area contributed by atoms with E-state index in [0.717, 1.165) is 6.07 Å². The molecular formula is C12H7F4N5. The molecule has 0 spiro atoms. The Morgan fingerprint density at radius 2 is 1.90 bits per heavy atom. The Balaban J connectivity index is 2.26. The number of hydrogen-bond acceptors (Lipinski definition) is 4. The third-order valence-corrected chi connectivity index (χ3v) is 2.87. The van der Waals surface area contributed by atoms with E-state index in [1.54, 1.807) is 0 Å². The normalized spacial score (nSPS) is 12.0. The molecular weight excluding hydrogens is 290 g/mol. The van der Waals surface area contributed by atoms with E-state index >= 15 is 0 Å². The highest BCUT2D eigenvalue weighted by atomic mass is 19.4. The average Bonchev–Trinajstić information content (AvgIpc) is 2.85. The lowest BCUT2D eigenvalue weighted by molar-refractivity contribution is -0.139. The van der Waals surface area contributed by atoms with Crippen molar-refractivity contribution in [3.63, 3.8) is 0 Å². The van der Waals surface area contributed by atoms with Gasteiger partial charge in [0, 0.05) is 5.56 Å². The smallest absolute Gasteiger partial charge is 0.368 e. The van der Waals surface area contributed by atoms with Gasteiger partial charge in [0.15, 0.2) is 5.65 Å². The van der Waals surface area contributed by atoms with E-state index in [0.29, 0.717) is 11.5 Å². The Morgan fingerprint density at radius 1 is 1.14 bits per heavy atom. The van der Waals surface area contributed by atoms with Gasteiger partial charge in [0.2, 0.25) is 5.95 Å². The average molecular weight is 297 g/mol. The zero-order chi connectivity index (χ0) is 15.2. The lowest BCUT2D eigenvalue weighted by Crippen LogP contribution is -2.08. The molecule has 0 bridgehead atoms. The van der Waals surface area contributed by atoms with E-state index in [-0.39, 0.29) is 22.9 Å². The number of benzene rings is 1. The number of anilines is 1. The van der Waals surface area contributed by atoms with Crippen LogP contribution in [0.2, 0.25) is 0 Å². The third-order valence-electron chi connectivity index (χ3n) is 2.87. The number of alkyl halides is 3. The molecule has 3 rings (SSSR count). The fourth-order valence-corrected chi connectivity index (χ4v) is 1.96. The van der Waals surface area contributed by atoms with Gasteiger partial charge < -0.3 is 5.73 Å². The number of nitrogen functional groups attached to an aromatic ring is 1. The van der Waals surface area contributed by atoms with E-state index in [2.05, 4.69) is 20.2 Å². The molecule has 0 radical (unpaired) electrons. The number of fused-ring (bicyclic) bond motifs is 1. The molecule has 3 N–H and O–H groups in total. The molecule has 0 aliphatic rings. The highest BCUT2D eigenvalue weighted by Gasteiger charge is 2.34. The van der Waals surface area contributed by atoms with Gasteiger partial charge in [0.1, 0.15) is 5.82 Å². The molecule has 0 aliphatic carbocycles. The van der Waals surface area contributed by atoms with E-state index in [1.807, 2.05) is 0 Å². The molecule has 108 valence electrons. The van der Waals surface area contributed by atoms with Crippen molar-refractivity contribution in [3.05, 3.63) is 35.8 Å². The van der Waals surface area contributed by atoms with Gasteiger partial charge in [-0.25, -0.2) is 9.37 Å². The Hall–Kier alpha value is -2.71. The number of H-pyrrole nitrogens is 1. The minimum atomic E-state index is -4.80. The van der Waals surface area contributed by atoms with Crippen LogP contribution in [0.25, 0.3) is 22.3 Å². The van der Waals surface area contributed by atoms with E-state index in [1.165, 1.54) is 12.3 Å². The van der Waals surface area contributed by atoms with Gasteiger partial charge >= 0.3 is 6.18 Å². The van der Waals surface area contributed by atoms with Crippen LogP contribution in [-0.4, -0.2) is 20.2 Å². The summed E-state index contributed by atoms with van der Waals surface area (Å²) in [5.74, 6) is -1.48. The zero-order valence-electron chi connectivity index (χ0n) is 10.2. The van der Waals surface area contributed by atoms with Crippen LogP contribution in [0.3, 0.4) is 0 Å². The summed E-state index contributed by atoms with van der Waals surface area (Å²) in [6.07, 6.45) is -3.44. The predicted octanol–water partition coefficient (Wildman–Crippen LogP) is 2.76. The van der Waals surface area contributed by atoms with Crippen molar-refractivity contribution in [1.29, 1.82) is 0 Å². The van der Waals surface area contributed by atoms with Gasteiger partial charge in [-0.15, -0.1) is 0 Å². The lowest BCUT2D eigenvalue weighted by Gasteiger charge is -2.10. The molecule has 0 saturated heterocycles. The van der Waals surface area contributed by atoms with Crippen LogP contribution in [0.1, 0.15) is 5.56 Å². The summed E-state index contributed by atoms with van der Waals surface area (Å²) >= 11 is 0. The molecule has 5 nitrogen and oxygen atoms in total. The minimum Gasteiger partial charge on any atom is -0.368 e.